The minimum atomic E-state index is -0.975. The molecule has 4 aromatic rings. The van der Waals surface area contributed by atoms with Gasteiger partial charge in [-0.1, -0.05) is 23.7 Å². The van der Waals surface area contributed by atoms with Crippen molar-refractivity contribution in [2.24, 2.45) is 0 Å². The lowest BCUT2D eigenvalue weighted by molar-refractivity contribution is 0.0695. The van der Waals surface area contributed by atoms with Crippen LogP contribution in [0.2, 0.25) is 5.02 Å². The number of likely N-dealkylation sites (N-methyl/N-ethyl adjacent to an activating group) is 1. The van der Waals surface area contributed by atoms with Gasteiger partial charge in [0, 0.05) is 41.3 Å². The molecule has 0 spiro atoms. The predicted octanol–water partition coefficient (Wildman–Crippen LogP) is 6.67. The molecule has 0 saturated heterocycles. The molecule has 1 aliphatic rings. The zero-order valence-electron chi connectivity index (χ0n) is 17.9. The fraction of sp³-hybridized carbons (Fsp3) is 0.192. The molecule has 6 heteroatoms. The summed E-state index contributed by atoms with van der Waals surface area (Å²) in [6, 6.07) is 17.5. The number of carbonyl (C=O) groups is 1. The van der Waals surface area contributed by atoms with Gasteiger partial charge in [-0.15, -0.1) is 0 Å². The fourth-order valence-electron chi connectivity index (χ4n) is 4.39. The minimum absolute atomic E-state index is 0.224. The molecule has 2 heterocycles. The smallest absolute Gasteiger partial charge is 0.336 e. The van der Waals surface area contributed by atoms with Gasteiger partial charge in [0.2, 0.25) is 0 Å². The number of ether oxygens (including phenoxy) is 1. The second-order valence-electron chi connectivity index (χ2n) is 8.11. The van der Waals surface area contributed by atoms with Crippen molar-refractivity contribution < 1.29 is 14.6 Å². The van der Waals surface area contributed by atoms with E-state index in [1.165, 1.54) is 17.3 Å². The second kappa shape index (κ2) is 7.92. The number of fused-ring (bicyclic) bond motifs is 2. The van der Waals surface area contributed by atoms with E-state index in [1.54, 1.807) is 19.1 Å². The normalized spacial score (nSPS) is 12.9. The van der Waals surface area contributed by atoms with Gasteiger partial charge in [-0.25, -0.2) is 4.79 Å². The number of carboxylic acids is 1. The number of benzene rings is 3. The van der Waals surface area contributed by atoms with E-state index in [0.29, 0.717) is 22.2 Å². The molecule has 0 saturated carbocycles. The first kappa shape index (κ1) is 20.5. The molecule has 0 amide bonds. The van der Waals surface area contributed by atoms with Crippen LogP contribution in [0, 0.1) is 6.92 Å². The Balaban J connectivity index is 1.48. The number of rotatable bonds is 5. The highest BCUT2D eigenvalue weighted by atomic mass is 35.5. The first-order valence-corrected chi connectivity index (χ1v) is 11.0. The quantitative estimate of drug-likeness (QED) is 0.359. The molecule has 32 heavy (non-hydrogen) atoms. The highest BCUT2D eigenvalue weighted by Gasteiger charge is 2.19. The molecular weight excluding hydrogens is 424 g/mol. The van der Waals surface area contributed by atoms with Gasteiger partial charge in [-0.2, -0.15) is 0 Å². The molecular formula is C26H23ClN2O3. The van der Waals surface area contributed by atoms with Crippen LogP contribution in [-0.4, -0.2) is 29.1 Å². The molecule has 0 atom stereocenters. The molecule has 1 aliphatic heterocycles. The summed E-state index contributed by atoms with van der Waals surface area (Å²) in [6.45, 7) is 6.01. The monoisotopic (exact) mass is 446 g/mol. The number of H-pyrrole nitrogens is 1. The number of halogens is 1. The maximum Gasteiger partial charge on any atom is 0.336 e. The van der Waals surface area contributed by atoms with Crippen LogP contribution < -0.4 is 9.64 Å². The lowest BCUT2D eigenvalue weighted by atomic mass is 10.0. The first-order chi connectivity index (χ1) is 15.4. The largest absolute Gasteiger partial charge is 0.478 e. The molecule has 2 N–H and O–H groups in total. The van der Waals surface area contributed by atoms with Crippen LogP contribution in [0.3, 0.4) is 0 Å². The number of aromatic carboxylic acids is 1. The SMILES string of the molecule is CCN1CCc2cc(-c3cc4cc(Oc5ccc(C)c(C(=O)O)c5)[nH]c4cc3Cl)ccc21. The van der Waals surface area contributed by atoms with Crippen molar-refractivity contribution in [3.8, 4) is 22.8 Å². The Kier molecular flexibility index (Phi) is 5.06. The average molecular weight is 447 g/mol. The third-order valence-corrected chi connectivity index (χ3v) is 6.43. The molecule has 5 rings (SSSR count). The molecule has 0 bridgehead atoms. The number of hydrogen-bond donors (Lipinski definition) is 2. The first-order valence-electron chi connectivity index (χ1n) is 10.6. The maximum atomic E-state index is 11.4. The summed E-state index contributed by atoms with van der Waals surface area (Å²) in [4.78, 5) is 17.0. The van der Waals surface area contributed by atoms with E-state index in [4.69, 9.17) is 16.3 Å². The van der Waals surface area contributed by atoms with E-state index in [1.807, 2.05) is 12.1 Å². The van der Waals surface area contributed by atoms with Crippen molar-refractivity contribution in [3.05, 3.63) is 76.3 Å². The third-order valence-electron chi connectivity index (χ3n) is 6.11. The van der Waals surface area contributed by atoms with Crippen LogP contribution in [0.5, 0.6) is 11.6 Å². The molecule has 0 fully saturated rings. The zero-order valence-corrected chi connectivity index (χ0v) is 18.7. The Morgan fingerprint density at radius 3 is 2.78 bits per heavy atom. The van der Waals surface area contributed by atoms with E-state index in [-0.39, 0.29) is 5.56 Å². The van der Waals surface area contributed by atoms with E-state index in [2.05, 4.69) is 41.1 Å². The molecule has 0 radical (unpaired) electrons. The van der Waals surface area contributed by atoms with Crippen molar-refractivity contribution in [2.45, 2.75) is 20.3 Å². The van der Waals surface area contributed by atoms with Gasteiger partial charge in [0.15, 0.2) is 5.88 Å². The molecule has 0 aliphatic carbocycles. The second-order valence-corrected chi connectivity index (χ2v) is 8.52. The van der Waals surface area contributed by atoms with Gasteiger partial charge in [0.05, 0.1) is 10.6 Å². The van der Waals surface area contributed by atoms with Gasteiger partial charge in [-0.3, -0.25) is 0 Å². The van der Waals surface area contributed by atoms with Crippen molar-refractivity contribution in [1.82, 2.24) is 4.98 Å². The zero-order chi connectivity index (χ0) is 22.4. The summed E-state index contributed by atoms with van der Waals surface area (Å²) in [6.07, 6.45) is 1.05. The highest BCUT2D eigenvalue weighted by molar-refractivity contribution is 6.34. The average Bonchev–Trinajstić information content (AvgIpc) is 3.36. The molecule has 0 unspecified atom stereocenters. The minimum Gasteiger partial charge on any atom is -0.478 e. The number of aromatic nitrogens is 1. The van der Waals surface area contributed by atoms with E-state index < -0.39 is 5.97 Å². The summed E-state index contributed by atoms with van der Waals surface area (Å²) in [5.41, 5.74) is 6.51. The van der Waals surface area contributed by atoms with E-state index >= 15 is 0 Å². The highest BCUT2D eigenvalue weighted by Crippen LogP contribution is 2.38. The number of nitrogens with zero attached hydrogens (tertiary/aromatic N) is 1. The number of aromatic amines is 1. The summed E-state index contributed by atoms with van der Waals surface area (Å²) in [7, 11) is 0. The van der Waals surface area contributed by atoms with Crippen molar-refractivity contribution in [2.75, 3.05) is 18.0 Å². The molecule has 5 nitrogen and oxygen atoms in total. The van der Waals surface area contributed by atoms with Crippen LogP contribution in [0.4, 0.5) is 5.69 Å². The Labute approximate surface area is 191 Å². The topological polar surface area (TPSA) is 65.6 Å². The summed E-state index contributed by atoms with van der Waals surface area (Å²) < 4.78 is 5.91. The van der Waals surface area contributed by atoms with E-state index in [9.17, 15) is 9.90 Å². The van der Waals surface area contributed by atoms with Gasteiger partial charge < -0.3 is 19.7 Å². The van der Waals surface area contributed by atoms with Gasteiger partial charge in [0.1, 0.15) is 5.75 Å². The van der Waals surface area contributed by atoms with Gasteiger partial charge in [0.25, 0.3) is 0 Å². The van der Waals surface area contributed by atoms with Crippen molar-refractivity contribution >= 4 is 34.2 Å². The lowest BCUT2D eigenvalue weighted by Gasteiger charge is -2.16. The van der Waals surface area contributed by atoms with E-state index in [0.717, 1.165) is 41.5 Å². The van der Waals surface area contributed by atoms with Crippen LogP contribution in [0.15, 0.2) is 54.6 Å². The van der Waals surface area contributed by atoms with Gasteiger partial charge >= 0.3 is 5.97 Å². The third kappa shape index (κ3) is 3.59. The lowest BCUT2D eigenvalue weighted by Crippen LogP contribution is -2.18. The predicted molar refractivity (Wildman–Crippen MR) is 129 cm³/mol. The van der Waals surface area contributed by atoms with Crippen LogP contribution in [0.1, 0.15) is 28.4 Å². The Morgan fingerprint density at radius 1 is 1.16 bits per heavy atom. The van der Waals surface area contributed by atoms with Crippen molar-refractivity contribution in [1.29, 1.82) is 0 Å². The number of aryl methyl sites for hydroxylation is 1. The molecule has 3 aromatic carbocycles. The molecule has 162 valence electrons. The molecule has 1 aromatic heterocycles. The Morgan fingerprint density at radius 2 is 2.00 bits per heavy atom. The summed E-state index contributed by atoms with van der Waals surface area (Å²) in [5, 5.41) is 11.0. The standard InChI is InChI=1S/C26H23ClN2O3/c1-3-29-9-8-17-10-16(5-7-24(17)29)21-11-18-12-25(28-23(18)14-22(21)27)32-19-6-4-15(2)20(13-19)26(30)31/h4-7,10-14,28H,3,8-9H2,1-2H3,(H,30,31). The number of hydrogen-bond acceptors (Lipinski definition) is 3. The van der Waals surface area contributed by atoms with Crippen LogP contribution >= 0.6 is 11.6 Å². The number of nitrogens with one attached hydrogen (secondary N) is 1. The van der Waals surface area contributed by atoms with Crippen molar-refractivity contribution in [3.63, 3.8) is 0 Å². The van der Waals surface area contributed by atoms with Crippen LogP contribution in [-0.2, 0) is 6.42 Å². The summed E-state index contributed by atoms with van der Waals surface area (Å²) >= 11 is 6.65. The Bertz CT molecular complexity index is 1360. The number of carboxylic acid groups (broad SMARTS) is 1. The Hall–Kier alpha value is -3.44. The summed E-state index contributed by atoms with van der Waals surface area (Å²) in [5.74, 6) is 0.0170. The number of anilines is 1. The maximum absolute atomic E-state index is 11.4. The van der Waals surface area contributed by atoms with Gasteiger partial charge in [-0.05, 0) is 73.4 Å². The fourth-order valence-corrected chi connectivity index (χ4v) is 4.66. The van der Waals surface area contributed by atoms with Crippen LogP contribution in [0.25, 0.3) is 22.0 Å².